The van der Waals surface area contributed by atoms with Crippen LogP contribution in [0.4, 0.5) is 16.2 Å². The van der Waals surface area contributed by atoms with Crippen LogP contribution in [0.1, 0.15) is 18.9 Å². The van der Waals surface area contributed by atoms with Crippen LogP contribution in [0.3, 0.4) is 0 Å². The smallest absolute Gasteiger partial charge is 0.321 e. The van der Waals surface area contributed by atoms with Gasteiger partial charge >= 0.3 is 6.03 Å². The van der Waals surface area contributed by atoms with Gasteiger partial charge in [0.25, 0.3) is 0 Å². The number of rotatable bonds is 3. The van der Waals surface area contributed by atoms with Crippen LogP contribution in [0.2, 0.25) is 5.02 Å². The number of piperidine rings is 1. The van der Waals surface area contributed by atoms with E-state index >= 15 is 0 Å². The van der Waals surface area contributed by atoms with Gasteiger partial charge in [0.2, 0.25) is 0 Å². The molecule has 0 unspecified atom stereocenters. The van der Waals surface area contributed by atoms with Crippen molar-refractivity contribution in [3.63, 3.8) is 0 Å². The van der Waals surface area contributed by atoms with Crippen molar-refractivity contribution in [1.82, 2.24) is 9.47 Å². The Bertz CT molecular complexity index is 691. The molecule has 1 saturated heterocycles. The molecule has 0 radical (unpaired) electrons. The van der Waals surface area contributed by atoms with E-state index < -0.39 is 0 Å². The fourth-order valence-electron chi connectivity index (χ4n) is 3.22. The van der Waals surface area contributed by atoms with E-state index in [0.717, 1.165) is 37.3 Å². The molecule has 1 aromatic carbocycles. The molecule has 128 valence electrons. The van der Waals surface area contributed by atoms with Gasteiger partial charge in [0.15, 0.2) is 0 Å². The second kappa shape index (κ2) is 7.18. The average Bonchev–Trinajstić information content (AvgIpc) is 3.09. The minimum Gasteiger partial charge on any atom is -0.375 e. The maximum atomic E-state index is 12.6. The van der Waals surface area contributed by atoms with Crippen molar-refractivity contribution in [2.24, 2.45) is 0 Å². The summed E-state index contributed by atoms with van der Waals surface area (Å²) in [6, 6.07) is 10.1. The maximum Gasteiger partial charge on any atom is 0.321 e. The number of nitrogens with zero attached hydrogens (tertiary/aromatic N) is 3. The molecule has 24 heavy (non-hydrogen) atoms. The molecule has 0 spiro atoms. The molecule has 2 amide bonds. The van der Waals surface area contributed by atoms with Gasteiger partial charge < -0.3 is 19.7 Å². The van der Waals surface area contributed by atoms with E-state index in [9.17, 15) is 4.79 Å². The van der Waals surface area contributed by atoms with Crippen molar-refractivity contribution < 1.29 is 4.79 Å². The highest BCUT2D eigenvalue weighted by Crippen LogP contribution is 2.33. The van der Waals surface area contributed by atoms with Crippen molar-refractivity contribution in [2.75, 3.05) is 37.4 Å². The van der Waals surface area contributed by atoms with Crippen LogP contribution in [0, 0.1) is 0 Å². The van der Waals surface area contributed by atoms with Gasteiger partial charge in [-0.15, -0.1) is 0 Å². The summed E-state index contributed by atoms with van der Waals surface area (Å²) in [4.78, 5) is 16.4. The number of nitrogens with one attached hydrogen (secondary N) is 1. The Morgan fingerprint density at radius 3 is 2.46 bits per heavy atom. The highest BCUT2D eigenvalue weighted by atomic mass is 35.5. The Hall–Kier alpha value is -2.14. The van der Waals surface area contributed by atoms with Crippen LogP contribution in [-0.4, -0.2) is 42.7 Å². The van der Waals surface area contributed by atoms with Crippen LogP contribution in [0.25, 0.3) is 0 Å². The summed E-state index contributed by atoms with van der Waals surface area (Å²) in [7, 11) is 3.83. The first-order chi connectivity index (χ1) is 11.6. The summed E-state index contributed by atoms with van der Waals surface area (Å²) in [5, 5.41) is 3.63. The number of aromatic nitrogens is 1. The van der Waals surface area contributed by atoms with Crippen LogP contribution in [0.15, 0.2) is 42.7 Å². The molecular formula is C18H23ClN4O. The van der Waals surface area contributed by atoms with E-state index in [0.29, 0.717) is 11.1 Å². The molecule has 0 saturated carbocycles. The van der Waals surface area contributed by atoms with Crippen molar-refractivity contribution in [1.29, 1.82) is 0 Å². The van der Waals surface area contributed by atoms with Crippen molar-refractivity contribution in [2.45, 2.75) is 18.9 Å². The number of hydrogen-bond acceptors (Lipinski definition) is 2. The number of hydrogen-bond donors (Lipinski definition) is 1. The number of para-hydroxylation sites is 1. The second-order valence-electron chi connectivity index (χ2n) is 6.31. The van der Waals surface area contributed by atoms with Gasteiger partial charge in [-0.25, -0.2) is 4.79 Å². The summed E-state index contributed by atoms with van der Waals surface area (Å²) in [5.41, 5.74) is 1.57. The molecule has 1 aromatic heterocycles. The van der Waals surface area contributed by atoms with Crippen molar-refractivity contribution in [3.05, 3.63) is 47.7 Å². The summed E-state index contributed by atoms with van der Waals surface area (Å²) in [6.45, 7) is 1.51. The molecule has 1 aliphatic rings. The number of urea groups is 1. The molecule has 3 rings (SSSR count). The number of benzene rings is 1. The minimum absolute atomic E-state index is 0.0636. The average molecular weight is 347 g/mol. The maximum absolute atomic E-state index is 12.6. The first-order valence-electron chi connectivity index (χ1n) is 8.20. The summed E-state index contributed by atoms with van der Waals surface area (Å²) < 4.78 is 2.23. The van der Waals surface area contributed by atoms with E-state index in [2.05, 4.69) is 22.3 Å². The van der Waals surface area contributed by atoms with Crippen molar-refractivity contribution >= 4 is 29.0 Å². The first kappa shape index (κ1) is 16.7. The SMILES string of the molecule is CN(C)c1c(Cl)cccc1NC(=O)N1CCC(n2cccc2)CC1. The minimum atomic E-state index is -0.0636. The van der Waals surface area contributed by atoms with E-state index in [-0.39, 0.29) is 6.03 Å². The number of carbonyl (C=O) groups excluding carboxylic acids is 1. The number of amides is 2. The zero-order valence-electron chi connectivity index (χ0n) is 14.1. The Labute approximate surface area is 147 Å². The highest BCUT2D eigenvalue weighted by molar-refractivity contribution is 6.34. The fourth-order valence-corrected chi connectivity index (χ4v) is 3.57. The fraction of sp³-hybridized carbons (Fsp3) is 0.389. The van der Waals surface area contributed by atoms with Crippen LogP contribution in [-0.2, 0) is 0 Å². The molecule has 1 aliphatic heterocycles. The highest BCUT2D eigenvalue weighted by Gasteiger charge is 2.24. The Morgan fingerprint density at radius 1 is 1.17 bits per heavy atom. The first-order valence-corrected chi connectivity index (χ1v) is 8.58. The summed E-state index contributed by atoms with van der Waals surface area (Å²) >= 11 is 6.26. The Morgan fingerprint density at radius 2 is 1.83 bits per heavy atom. The molecule has 2 heterocycles. The van der Waals surface area contributed by atoms with Gasteiger partial charge in [-0.2, -0.15) is 0 Å². The molecule has 1 N–H and O–H groups in total. The topological polar surface area (TPSA) is 40.5 Å². The van der Waals surface area contributed by atoms with Gasteiger partial charge in [-0.3, -0.25) is 0 Å². The van der Waals surface area contributed by atoms with E-state index in [4.69, 9.17) is 11.6 Å². The monoisotopic (exact) mass is 346 g/mol. The standard InChI is InChI=1S/C18H23ClN4O/c1-21(2)17-15(19)6-5-7-16(17)20-18(24)23-12-8-14(9-13-23)22-10-3-4-11-22/h3-7,10-11,14H,8-9,12-13H2,1-2H3,(H,20,24). The molecular weight excluding hydrogens is 324 g/mol. The lowest BCUT2D eigenvalue weighted by Gasteiger charge is -2.33. The van der Waals surface area contributed by atoms with E-state index in [1.807, 2.05) is 54.2 Å². The lowest BCUT2D eigenvalue weighted by molar-refractivity contribution is 0.184. The van der Waals surface area contributed by atoms with Gasteiger partial charge in [-0.1, -0.05) is 17.7 Å². The van der Waals surface area contributed by atoms with Gasteiger partial charge in [0.1, 0.15) is 0 Å². The molecule has 5 nitrogen and oxygen atoms in total. The Balaban J connectivity index is 1.64. The second-order valence-corrected chi connectivity index (χ2v) is 6.72. The predicted octanol–water partition coefficient (Wildman–Crippen LogP) is 4.08. The van der Waals surface area contributed by atoms with Crippen LogP contribution < -0.4 is 10.2 Å². The van der Waals surface area contributed by atoms with E-state index in [1.54, 1.807) is 0 Å². The van der Waals surface area contributed by atoms with Gasteiger partial charge in [0.05, 0.1) is 16.4 Å². The summed E-state index contributed by atoms with van der Waals surface area (Å²) in [5.74, 6) is 0. The number of likely N-dealkylation sites (tertiary alicyclic amines) is 1. The predicted molar refractivity (Wildman–Crippen MR) is 99.1 cm³/mol. The third kappa shape index (κ3) is 3.51. The number of anilines is 2. The summed E-state index contributed by atoms with van der Waals surface area (Å²) in [6.07, 6.45) is 6.13. The lowest BCUT2D eigenvalue weighted by atomic mass is 10.1. The molecule has 2 aromatic rings. The largest absolute Gasteiger partial charge is 0.375 e. The van der Waals surface area contributed by atoms with E-state index in [1.165, 1.54) is 0 Å². The van der Waals surface area contributed by atoms with Crippen molar-refractivity contribution in [3.8, 4) is 0 Å². The van der Waals surface area contributed by atoms with Crippen LogP contribution in [0.5, 0.6) is 0 Å². The molecule has 0 bridgehead atoms. The quantitative estimate of drug-likeness (QED) is 0.909. The third-order valence-electron chi connectivity index (χ3n) is 4.48. The van der Waals surface area contributed by atoms with Crippen LogP contribution >= 0.6 is 11.6 Å². The molecule has 0 atom stereocenters. The van der Waals surface area contributed by atoms with Gasteiger partial charge in [-0.05, 0) is 37.1 Å². The Kier molecular flexibility index (Phi) is 5.00. The third-order valence-corrected chi connectivity index (χ3v) is 4.78. The lowest BCUT2D eigenvalue weighted by Crippen LogP contribution is -2.41. The molecule has 0 aliphatic carbocycles. The molecule has 1 fully saturated rings. The van der Waals surface area contributed by atoms with Gasteiger partial charge in [0, 0.05) is 45.6 Å². The zero-order chi connectivity index (χ0) is 17.1. The number of halogens is 1. The zero-order valence-corrected chi connectivity index (χ0v) is 14.8. The molecule has 6 heteroatoms. The number of carbonyl (C=O) groups is 1. The normalized spacial score (nSPS) is 15.4.